The van der Waals surface area contributed by atoms with Gasteiger partial charge in [0, 0.05) is 6.42 Å². The van der Waals surface area contributed by atoms with Crippen LogP contribution in [0.15, 0.2) is 16.8 Å². The molecule has 0 aliphatic rings. The first-order chi connectivity index (χ1) is 6.11. The molecule has 1 heterocycles. The van der Waals surface area contributed by atoms with Gasteiger partial charge in [0.2, 0.25) is 0 Å². The van der Waals surface area contributed by atoms with Crippen LogP contribution in [0.1, 0.15) is 24.8 Å². The van der Waals surface area contributed by atoms with Crippen molar-refractivity contribution in [3.05, 3.63) is 22.4 Å². The number of carboxylic acid groups (broad SMARTS) is 1. The molecule has 1 rings (SSSR count). The highest BCUT2D eigenvalue weighted by Gasteiger charge is 2.21. The lowest BCUT2D eigenvalue weighted by molar-refractivity contribution is -0.140. The minimum atomic E-state index is -0.936. The van der Waals surface area contributed by atoms with Crippen molar-refractivity contribution in [2.75, 3.05) is 0 Å². The van der Waals surface area contributed by atoms with Gasteiger partial charge in [0.25, 0.3) is 0 Å². The molecule has 70 valence electrons. The maximum Gasteiger partial charge on any atom is 0.311 e. The fourth-order valence-electron chi connectivity index (χ4n) is 1.11. The maximum atomic E-state index is 10.8. The number of ketones is 1. The van der Waals surface area contributed by atoms with E-state index in [1.807, 2.05) is 5.38 Å². The summed E-state index contributed by atoms with van der Waals surface area (Å²) < 4.78 is 0. The predicted octanol–water partition coefficient (Wildman–Crippen LogP) is 1.90. The minimum absolute atomic E-state index is 0.0755. The molecule has 0 bridgehead atoms. The fraction of sp³-hybridized carbons (Fsp3) is 0.333. The molecule has 0 saturated carbocycles. The Morgan fingerprint density at radius 3 is 2.69 bits per heavy atom. The summed E-state index contributed by atoms with van der Waals surface area (Å²) in [6.07, 6.45) is 0.0755. The first-order valence-corrected chi connectivity index (χ1v) is 4.80. The summed E-state index contributed by atoms with van der Waals surface area (Å²) in [6.45, 7) is 1.41. The summed E-state index contributed by atoms with van der Waals surface area (Å²) in [6, 6.07) is 1.74. The minimum Gasteiger partial charge on any atom is -0.481 e. The summed E-state index contributed by atoms with van der Waals surface area (Å²) in [5.41, 5.74) is 0.715. The topological polar surface area (TPSA) is 54.4 Å². The number of rotatable bonds is 4. The largest absolute Gasteiger partial charge is 0.481 e. The van der Waals surface area contributed by atoms with Crippen molar-refractivity contribution in [3.8, 4) is 0 Å². The van der Waals surface area contributed by atoms with E-state index >= 15 is 0 Å². The molecule has 0 radical (unpaired) electrons. The molecule has 1 N–H and O–H groups in total. The van der Waals surface area contributed by atoms with Gasteiger partial charge in [-0.1, -0.05) is 0 Å². The van der Waals surface area contributed by atoms with E-state index in [1.54, 1.807) is 11.4 Å². The lowest BCUT2D eigenvalue weighted by atomic mass is 9.97. The third-order valence-electron chi connectivity index (χ3n) is 1.74. The van der Waals surface area contributed by atoms with E-state index in [-0.39, 0.29) is 12.2 Å². The zero-order valence-corrected chi connectivity index (χ0v) is 8.00. The van der Waals surface area contributed by atoms with Gasteiger partial charge in [-0.15, -0.1) is 0 Å². The Bertz CT molecular complexity index is 303. The van der Waals surface area contributed by atoms with Crippen molar-refractivity contribution in [2.24, 2.45) is 0 Å². The molecular weight excluding hydrogens is 188 g/mol. The van der Waals surface area contributed by atoms with Gasteiger partial charge in [-0.3, -0.25) is 9.59 Å². The van der Waals surface area contributed by atoms with Gasteiger partial charge in [0.05, 0.1) is 5.92 Å². The lowest BCUT2D eigenvalue weighted by Gasteiger charge is -2.07. The number of hydrogen-bond acceptors (Lipinski definition) is 3. The molecular formula is C9H10O3S. The summed E-state index contributed by atoms with van der Waals surface area (Å²) in [7, 11) is 0. The van der Waals surface area contributed by atoms with Gasteiger partial charge < -0.3 is 5.11 Å². The van der Waals surface area contributed by atoms with Gasteiger partial charge in [0.1, 0.15) is 5.78 Å². The average molecular weight is 198 g/mol. The molecule has 13 heavy (non-hydrogen) atoms. The molecule has 0 amide bonds. The van der Waals surface area contributed by atoms with Crippen LogP contribution in [0, 0.1) is 0 Å². The molecule has 1 aromatic rings. The van der Waals surface area contributed by atoms with Crippen molar-refractivity contribution >= 4 is 23.1 Å². The number of hydrogen-bond donors (Lipinski definition) is 1. The van der Waals surface area contributed by atoms with E-state index in [2.05, 4.69) is 0 Å². The van der Waals surface area contributed by atoms with Crippen LogP contribution < -0.4 is 0 Å². The van der Waals surface area contributed by atoms with Crippen LogP contribution >= 0.6 is 11.3 Å². The van der Waals surface area contributed by atoms with E-state index in [1.165, 1.54) is 18.3 Å². The lowest BCUT2D eigenvalue weighted by Crippen LogP contribution is -2.13. The number of carbonyl (C=O) groups is 2. The number of Topliss-reactive ketones (excluding diaryl/α,β-unsaturated/α-hetero) is 1. The number of aliphatic carboxylic acids is 1. The van der Waals surface area contributed by atoms with Gasteiger partial charge in [0.15, 0.2) is 0 Å². The van der Waals surface area contributed by atoms with Gasteiger partial charge in [-0.25, -0.2) is 0 Å². The number of carbonyl (C=O) groups excluding carboxylic acids is 1. The number of thiophene rings is 1. The Hall–Kier alpha value is -1.16. The maximum absolute atomic E-state index is 10.8. The summed E-state index contributed by atoms with van der Waals surface area (Å²) in [4.78, 5) is 21.6. The van der Waals surface area contributed by atoms with Crippen LogP contribution in [0.5, 0.6) is 0 Å². The Morgan fingerprint density at radius 2 is 2.31 bits per heavy atom. The second-order valence-electron chi connectivity index (χ2n) is 2.85. The van der Waals surface area contributed by atoms with Crippen molar-refractivity contribution in [3.63, 3.8) is 0 Å². The highest BCUT2D eigenvalue weighted by Crippen LogP contribution is 2.22. The molecule has 0 saturated heterocycles. The Kier molecular flexibility index (Phi) is 3.19. The average Bonchev–Trinajstić information content (AvgIpc) is 2.50. The summed E-state index contributed by atoms with van der Waals surface area (Å²) in [5.74, 6) is -1.71. The summed E-state index contributed by atoms with van der Waals surface area (Å²) in [5, 5.41) is 12.4. The second-order valence-corrected chi connectivity index (χ2v) is 3.63. The third-order valence-corrected chi connectivity index (χ3v) is 2.44. The van der Waals surface area contributed by atoms with Crippen molar-refractivity contribution in [2.45, 2.75) is 19.3 Å². The SMILES string of the molecule is CC(=O)CC(C(=O)O)c1ccsc1. The molecule has 0 aliphatic heterocycles. The van der Waals surface area contributed by atoms with Crippen molar-refractivity contribution in [1.82, 2.24) is 0 Å². The smallest absolute Gasteiger partial charge is 0.311 e. The molecule has 0 aliphatic carbocycles. The molecule has 1 atom stereocenters. The van der Waals surface area contributed by atoms with Crippen LogP contribution in [-0.4, -0.2) is 16.9 Å². The first kappa shape index (κ1) is 9.92. The fourth-order valence-corrected chi connectivity index (χ4v) is 1.82. The van der Waals surface area contributed by atoms with Crippen LogP contribution in [0.2, 0.25) is 0 Å². The van der Waals surface area contributed by atoms with E-state index in [0.717, 1.165) is 0 Å². The molecule has 1 unspecified atom stereocenters. The Labute approximate surface area is 80.0 Å². The Morgan fingerprint density at radius 1 is 1.62 bits per heavy atom. The highest BCUT2D eigenvalue weighted by atomic mass is 32.1. The van der Waals surface area contributed by atoms with Crippen LogP contribution in [0.4, 0.5) is 0 Å². The molecule has 3 nitrogen and oxygen atoms in total. The predicted molar refractivity (Wildman–Crippen MR) is 50.0 cm³/mol. The van der Waals surface area contributed by atoms with Crippen molar-refractivity contribution < 1.29 is 14.7 Å². The standard InChI is InChI=1S/C9H10O3S/c1-6(10)4-8(9(11)12)7-2-3-13-5-7/h2-3,5,8H,4H2,1H3,(H,11,12). The first-order valence-electron chi connectivity index (χ1n) is 3.85. The zero-order valence-electron chi connectivity index (χ0n) is 7.19. The second kappa shape index (κ2) is 4.18. The monoisotopic (exact) mass is 198 g/mol. The van der Waals surface area contributed by atoms with Gasteiger partial charge >= 0.3 is 5.97 Å². The quantitative estimate of drug-likeness (QED) is 0.803. The molecule has 1 aromatic heterocycles. The molecule has 0 aromatic carbocycles. The molecule has 4 heteroatoms. The third kappa shape index (κ3) is 2.66. The van der Waals surface area contributed by atoms with E-state index in [0.29, 0.717) is 5.56 Å². The van der Waals surface area contributed by atoms with Crippen molar-refractivity contribution in [1.29, 1.82) is 0 Å². The van der Waals surface area contributed by atoms with Crippen LogP contribution in [0.3, 0.4) is 0 Å². The van der Waals surface area contributed by atoms with Crippen LogP contribution in [0.25, 0.3) is 0 Å². The van der Waals surface area contributed by atoms with Crippen LogP contribution in [-0.2, 0) is 9.59 Å². The molecule has 0 spiro atoms. The van der Waals surface area contributed by atoms with Gasteiger partial charge in [-0.2, -0.15) is 11.3 Å². The highest BCUT2D eigenvalue weighted by molar-refractivity contribution is 7.08. The van der Waals surface area contributed by atoms with E-state index in [9.17, 15) is 9.59 Å². The number of carboxylic acids is 1. The van der Waals surface area contributed by atoms with E-state index < -0.39 is 11.9 Å². The molecule has 0 fully saturated rings. The Balaban J connectivity index is 2.81. The normalized spacial score (nSPS) is 12.4. The summed E-state index contributed by atoms with van der Waals surface area (Å²) >= 11 is 1.44. The van der Waals surface area contributed by atoms with E-state index in [4.69, 9.17) is 5.11 Å². The zero-order chi connectivity index (χ0) is 9.84. The van der Waals surface area contributed by atoms with Gasteiger partial charge in [-0.05, 0) is 29.3 Å².